The van der Waals surface area contributed by atoms with E-state index in [4.69, 9.17) is 5.11 Å². The summed E-state index contributed by atoms with van der Waals surface area (Å²) in [6.45, 7) is 2.08. The zero-order valence-electron chi connectivity index (χ0n) is 9.12. The number of alkyl halides is 1. The fourth-order valence-corrected chi connectivity index (χ4v) is 2.50. The third kappa shape index (κ3) is 4.51. The maximum Gasteiger partial charge on any atom is 0.236 e. The summed E-state index contributed by atoms with van der Waals surface area (Å²) in [6, 6.07) is 0. The number of hydrogen-bond acceptors (Lipinski definition) is 2. The minimum Gasteiger partial charge on any atom is -0.396 e. The van der Waals surface area contributed by atoms with Gasteiger partial charge in [-0.05, 0) is 25.7 Å². The highest BCUT2D eigenvalue weighted by Crippen LogP contribution is 2.18. The van der Waals surface area contributed by atoms with Crippen LogP contribution in [-0.2, 0) is 4.79 Å². The number of carbonyl (C=O) groups excluding carboxylic acids is 1. The molecular weight excluding hydrogens is 258 g/mol. The fourth-order valence-electron chi connectivity index (χ4n) is 1.88. The Balaban J connectivity index is 2.12. The molecule has 4 heteroatoms. The molecule has 1 aliphatic heterocycles. The third-order valence-electron chi connectivity index (χ3n) is 2.80. The van der Waals surface area contributed by atoms with E-state index in [9.17, 15) is 4.79 Å². The molecule has 1 atom stereocenters. The van der Waals surface area contributed by atoms with Gasteiger partial charge < -0.3 is 10.0 Å². The molecule has 0 spiro atoms. The van der Waals surface area contributed by atoms with E-state index >= 15 is 0 Å². The van der Waals surface area contributed by atoms with Crippen molar-refractivity contribution in [2.24, 2.45) is 0 Å². The Morgan fingerprint density at radius 2 is 2.07 bits per heavy atom. The Kier molecular flexibility index (Phi) is 6.25. The van der Waals surface area contributed by atoms with E-state index in [-0.39, 0.29) is 17.3 Å². The van der Waals surface area contributed by atoms with Gasteiger partial charge in [0.15, 0.2) is 0 Å². The average molecular weight is 278 g/mol. The topological polar surface area (TPSA) is 40.5 Å². The summed E-state index contributed by atoms with van der Waals surface area (Å²) in [5.41, 5.74) is 0. The monoisotopic (exact) mass is 277 g/mol. The van der Waals surface area contributed by atoms with Gasteiger partial charge in [0.1, 0.15) is 0 Å². The van der Waals surface area contributed by atoms with Crippen LogP contribution >= 0.6 is 15.9 Å². The summed E-state index contributed by atoms with van der Waals surface area (Å²) in [5, 5.41) is 8.62. The predicted molar refractivity (Wildman–Crippen MR) is 64.1 cm³/mol. The first-order valence-electron chi connectivity index (χ1n) is 5.79. The molecule has 3 nitrogen and oxygen atoms in total. The minimum absolute atomic E-state index is 0.0451. The number of unbranched alkanes of at least 4 members (excludes halogenated alkanes) is 3. The second-order valence-electron chi connectivity index (χ2n) is 4.07. The van der Waals surface area contributed by atoms with E-state index in [1.165, 1.54) is 0 Å². The van der Waals surface area contributed by atoms with Crippen molar-refractivity contribution < 1.29 is 9.90 Å². The lowest BCUT2D eigenvalue weighted by molar-refractivity contribution is -0.132. The second-order valence-corrected chi connectivity index (χ2v) is 5.18. The fraction of sp³-hybridized carbons (Fsp3) is 0.909. The maximum absolute atomic E-state index is 11.7. The van der Waals surface area contributed by atoms with Gasteiger partial charge in [0.05, 0.1) is 4.83 Å². The molecule has 0 bridgehead atoms. The lowest BCUT2D eigenvalue weighted by Crippen LogP contribution is -2.42. The lowest BCUT2D eigenvalue weighted by Gasteiger charge is -2.29. The van der Waals surface area contributed by atoms with E-state index in [0.29, 0.717) is 0 Å². The smallest absolute Gasteiger partial charge is 0.236 e. The molecule has 1 aliphatic rings. The number of amides is 1. The minimum atomic E-state index is 0.0451. The largest absolute Gasteiger partial charge is 0.396 e. The highest BCUT2D eigenvalue weighted by Gasteiger charge is 2.25. The van der Waals surface area contributed by atoms with Gasteiger partial charge in [-0.15, -0.1) is 0 Å². The van der Waals surface area contributed by atoms with E-state index in [1.54, 1.807) is 0 Å². The van der Waals surface area contributed by atoms with Crippen molar-refractivity contribution in [2.75, 3.05) is 19.7 Å². The molecule has 1 unspecified atom stereocenters. The van der Waals surface area contributed by atoms with E-state index in [0.717, 1.165) is 51.6 Å². The first-order chi connectivity index (χ1) is 7.25. The Morgan fingerprint density at radius 3 is 2.80 bits per heavy atom. The van der Waals surface area contributed by atoms with Crippen LogP contribution in [0.3, 0.4) is 0 Å². The summed E-state index contributed by atoms with van der Waals surface area (Å²) in [4.78, 5) is 13.7. The lowest BCUT2D eigenvalue weighted by atomic mass is 10.1. The number of piperidine rings is 1. The second kappa shape index (κ2) is 7.23. The van der Waals surface area contributed by atoms with Gasteiger partial charge in [-0.1, -0.05) is 28.8 Å². The van der Waals surface area contributed by atoms with Crippen LogP contribution in [0, 0.1) is 0 Å². The number of halogens is 1. The quantitative estimate of drug-likeness (QED) is 0.595. The van der Waals surface area contributed by atoms with Gasteiger partial charge in [-0.2, -0.15) is 0 Å². The van der Waals surface area contributed by atoms with Crippen molar-refractivity contribution in [3.8, 4) is 0 Å². The Bertz CT molecular complexity index is 199. The van der Waals surface area contributed by atoms with Crippen LogP contribution in [0.4, 0.5) is 0 Å². The maximum atomic E-state index is 11.7. The third-order valence-corrected chi connectivity index (χ3v) is 3.65. The number of aliphatic hydroxyl groups is 1. The van der Waals surface area contributed by atoms with Crippen LogP contribution in [0.5, 0.6) is 0 Å². The van der Waals surface area contributed by atoms with E-state index in [1.807, 2.05) is 4.90 Å². The van der Waals surface area contributed by atoms with Crippen molar-refractivity contribution in [2.45, 2.75) is 43.4 Å². The van der Waals surface area contributed by atoms with Crippen LogP contribution < -0.4 is 0 Å². The van der Waals surface area contributed by atoms with E-state index < -0.39 is 0 Å². The number of rotatable bonds is 6. The number of likely N-dealkylation sites (tertiary alicyclic amines) is 1. The molecule has 0 radical (unpaired) electrons. The summed E-state index contributed by atoms with van der Waals surface area (Å²) >= 11 is 3.40. The standard InChI is InChI=1S/C11H20BrNO2/c12-10-6-5-8-13(11(10)15)7-3-1-2-4-9-14/h10,14H,1-9H2. The zero-order chi connectivity index (χ0) is 11.1. The summed E-state index contributed by atoms with van der Waals surface area (Å²) in [5.74, 6) is 0.253. The number of carbonyl (C=O) groups is 1. The van der Waals surface area contributed by atoms with Crippen LogP contribution in [0.2, 0.25) is 0 Å². The molecule has 15 heavy (non-hydrogen) atoms. The SMILES string of the molecule is O=C1C(Br)CCCN1CCCCCCO. The van der Waals surface area contributed by atoms with Crippen molar-refractivity contribution in [1.82, 2.24) is 4.90 Å². The van der Waals surface area contributed by atoms with Crippen LogP contribution in [0.25, 0.3) is 0 Å². The van der Waals surface area contributed by atoms with Crippen molar-refractivity contribution in [3.05, 3.63) is 0 Å². The van der Waals surface area contributed by atoms with Crippen LogP contribution in [-0.4, -0.2) is 40.4 Å². The molecule has 1 amide bonds. The van der Waals surface area contributed by atoms with Gasteiger partial charge in [-0.25, -0.2) is 0 Å². The molecule has 0 aromatic carbocycles. The summed E-state index contributed by atoms with van der Waals surface area (Å²) in [6.07, 6.45) is 6.20. The molecule has 0 aromatic rings. The average Bonchev–Trinajstić information content (AvgIpc) is 2.24. The first-order valence-corrected chi connectivity index (χ1v) is 6.71. The van der Waals surface area contributed by atoms with Crippen LogP contribution in [0.15, 0.2) is 0 Å². The van der Waals surface area contributed by atoms with Crippen molar-refractivity contribution in [3.63, 3.8) is 0 Å². The molecule has 0 aliphatic carbocycles. The van der Waals surface area contributed by atoms with Gasteiger partial charge >= 0.3 is 0 Å². The highest BCUT2D eigenvalue weighted by atomic mass is 79.9. The molecule has 1 rings (SSSR count). The zero-order valence-corrected chi connectivity index (χ0v) is 10.7. The van der Waals surface area contributed by atoms with Crippen molar-refractivity contribution >= 4 is 21.8 Å². The van der Waals surface area contributed by atoms with Crippen LogP contribution in [0.1, 0.15) is 38.5 Å². The molecule has 1 saturated heterocycles. The van der Waals surface area contributed by atoms with Crippen molar-refractivity contribution in [1.29, 1.82) is 0 Å². The Morgan fingerprint density at radius 1 is 1.33 bits per heavy atom. The van der Waals surface area contributed by atoms with Gasteiger partial charge in [-0.3, -0.25) is 4.79 Å². The Hall–Kier alpha value is -0.0900. The molecule has 0 aromatic heterocycles. The molecular formula is C11H20BrNO2. The number of aliphatic hydroxyl groups excluding tert-OH is 1. The highest BCUT2D eigenvalue weighted by molar-refractivity contribution is 9.10. The molecule has 1 N–H and O–H groups in total. The van der Waals surface area contributed by atoms with Gasteiger partial charge in [0, 0.05) is 19.7 Å². The first kappa shape index (κ1) is 13.0. The number of nitrogens with zero attached hydrogens (tertiary/aromatic N) is 1. The summed E-state index contributed by atoms with van der Waals surface area (Å²) < 4.78 is 0. The molecule has 0 saturated carbocycles. The Labute approximate surface area is 100.0 Å². The van der Waals surface area contributed by atoms with Gasteiger partial charge in [0.2, 0.25) is 5.91 Å². The normalized spacial score (nSPS) is 22.1. The summed E-state index contributed by atoms with van der Waals surface area (Å²) in [7, 11) is 0. The number of hydrogen-bond donors (Lipinski definition) is 1. The van der Waals surface area contributed by atoms with E-state index in [2.05, 4.69) is 15.9 Å². The van der Waals surface area contributed by atoms with Gasteiger partial charge in [0.25, 0.3) is 0 Å². The molecule has 88 valence electrons. The predicted octanol–water partition coefficient (Wildman–Crippen LogP) is 1.93. The molecule has 1 heterocycles. The molecule has 1 fully saturated rings.